The van der Waals surface area contributed by atoms with Gasteiger partial charge in [-0.25, -0.2) is 0 Å². The Bertz CT molecular complexity index is 712. The first-order valence-corrected chi connectivity index (χ1v) is 12.4. The lowest BCUT2D eigenvalue weighted by Gasteiger charge is -2.55. The highest BCUT2D eigenvalue weighted by molar-refractivity contribution is 5.39. The van der Waals surface area contributed by atoms with E-state index in [0.717, 1.165) is 36.5 Å². The Kier molecular flexibility index (Phi) is 5.69. The van der Waals surface area contributed by atoms with Crippen molar-refractivity contribution in [3.8, 4) is 0 Å². The standard InChI is InChI=1S/C28H44O/c1-18(2)19(3)7-8-20(4)24-11-12-25-23-10-9-21-17-22(29)13-15-27(21,5)26(23)14-16-28(24,25)6/h7-10,18-20,22,24-26,29H,11-17H2,1-6H3/b8-7+/t19?,20?,22-,24?,25?,26?,27-,28?/m0/s1. The van der Waals surface area contributed by atoms with E-state index in [1.54, 1.807) is 5.57 Å². The van der Waals surface area contributed by atoms with Crippen molar-refractivity contribution in [1.29, 1.82) is 0 Å². The van der Waals surface area contributed by atoms with Gasteiger partial charge in [-0.1, -0.05) is 77.0 Å². The van der Waals surface area contributed by atoms with Gasteiger partial charge in [-0.3, -0.25) is 0 Å². The zero-order valence-electron chi connectivity index (χ0n) is 19.7. The fourth-order valence-corrected chi connectivity index (χ4v) is 7.59. The van der Waals surface area contributed by atoms with E-state index in [1.165, 1.54) is 37.7 Å². The van der Waals surface area contributed by atoms with Crippen molar-refractivity contribution in [2.75, 3.05) is 0 Å². The van der Waals surface area contributed by atoms with E-state index in [4.69, 9.17) is 0 Å². The molecule has 0 heterocycles. The van der Waals surface area contributed by atoms with Gasteiger partial charge in [-0.05, 0) is 91.3 Å². The highest BCUT2D eigenvalue weighted by Gasteiger charge is 2.56. The molecule has 4 aliphatic carbocycles. The number of aliphatic hydroxyl groups is 1. The molecule has 1 heteroatoms. The molecule has 3 saturated carbocycles. The number of allylic oxidation sites excluding steroid dienone is 5. The van der Waals surface area contributed by atoms with Crippen LogP contribution in [0.5, 0.6) is 0 Å². The minimum atomic E-state index is -0.116. The zero-order valence-corrected chi connectivity index (χ0v) is 19.7. The van der Waals surface area contributed by atoms with Gasteiger partial charge >= 0.3 is 0 Å². The van der Waals surface area contributed by atoms with Crippen molar-refractivity contribution >= 4 is 0 Å². The SMILES string of the molecule is CC(C)C(C)/C=C/C(C)C1CCC2C3=CC=C4C[C@@H](O)CC[C@]4(C)C3CCC21C. The Balaban J connectivity index is 1.57. The van der Waals surface area contributed by atoms with Gasteiger partial charge in [0.2, 0.25) is 0 Å². The fraction of sp³-hybridized carbons (Fsp3) is 0.786. The molecule has 0 saturated heterocycles. The molecule has 0 spiro atoms. The molecule has 1 nitrogen and oxygen atoms in total. The molecule has 0 amide bonds. The molecule has 8 atom stereocenters. The molecule has 0 aromatic rings. The summed E-state index contributed by atoms with van der Waals surface area (Å²) in [6, 6.07) is 0. The second-order valence-electron chi connectivity index (χ2n) is 11.9. The van der Waals surface area contributed by atoms with Crippen LogP contribution in [0.3, 0.4) is 0 Å². The summed E-state index contributed by atoms with van der Waals surface area (Å²) in [5.41, 5.74) is 4.07. The third-order valence-electron chi connectivity index (χ3n) is 10.0. The third-order valence-corrected chi connectivity index (χ3v) is 10.0. The van der Waals surface area contributed by atoms with Gasteiger partial charge in [-0.15, -0.1) is 0 Å². The van der Waals surface area contributed by atoms with Crippen LogP contribution in [0, 0.1) is 46.3 Å². The molecule has 1 N–H and O–H groups in total. The summed E-state index contributed by atoms with van der Waals surface area (Å²) in [7, 11) is 0. The van der Waals surface area contributed by atoms with Crippen LogP contribution in [0.1, 0.15) is 86.5 Å². The second-order valence-corrected chi connectivity index (χ2v) is 11.9. The molecule has 29 heavy (non-hydrogen) atoms. The largest absolute Gasteiger partial charge is 0.393 e. The lowest BCUT2D eigenvalue weighted by Crippen LogP contribution is -2.46. The maximum Gasteiger partial charge on any atom is 0.0578 e. The van der Waals surface area contributed by atoms with Crippen molar-refractivity contribution in [3.05, 3.63) is 35.5 Å². The minimum Gasteiger partial charge on any atom is -0.393 e. The van der Waals surface area contributed by atoms with Crippen LogP contribution in [0.4, 0.5) is 0 Å². The van der Waals surface area contributed by atoms with E-state index >= 15 is 0 Å². The lowest BCUT2D eigenvalue weighted by molar-refractivity contribution is 0.0382. The fourth-order valence-electron chi connectivity index (χ4n) is 7.59. The maximum absolute atomic E-state index is 10.2. The lowest BCUT2D eigenvalue weighted by atomic mass is 9.50. The summed E-state index contributed by atoms with van der Waals surface area (Å²) in [5.74, 6) is 4.38. The van der Waals surface area contributed by atoms with E-state index < -0.39 is 0 Å². The second kappa shape index (κ2) is 7.70. The minimum absolute atomic E-state index is 0.116. The number of hydrogen-bond donors (Lipinski definition) is 1. The van der Waals surface area contributed by atoms with Crippen molar-refractivity contribution in [2.24, 2.45) is 46.3 Å². The summed E-state index contributed by atoms with van der Waals surface area (Å²) >= 11 is 0. The molecule has 3 fully saturated rings. The van der Waals surface area contributed by atoms with Gasteiger partial charge in [0.1, 0.15) is 0 Å². The van der Waals surface area contributed by atoms with Crippen LogP contribution in [0.15, 0.2) is 35.5 Å². The van der Waals surface area contributed by atoms with E-state index in [2.05, 4.69) is 65.8 Å². The number of fused-ring (bicyclic) bond motifs is 5. The third kappa shape index (κ3) is 3.50. The topological polar surface area (TPSA) is 20.2 Å². The van der Waals surface area contributed by atoms with Crippen LogP contribution >= 0.6 is 0 Å². The normalized spacial score (nSPS) is 44.0. The summed E-state index contributed by atoms with van der Waals surface area (Å²) in [6.45, 7) is 14.6. The van der Waals surface area contributed by atoms with E-state index in [1.807, 2.05) is 0 Å². The molecular formula is C28H44O. The highest BCUT2D eigenvalue weighted by atomic mass is 16.3. The van der Waals surface area contributed by atoms with Gasteiger partial charge < -0.3 is 5.11 Å². The first-order valence-electron chi connectivity index (χ1n) is 12.4. The Labute approximate surface area is 179 Å². The molecule has 4 aliphatic rings. The molecular weight excluding hydrogens is 352 g/mol. The van der Waals surface area contributed by atoms with Crippen LogP contribution < -0.4 is 0 Å². The average Bonchev–Trinajstić information content (AvgIpc) is 3.03. The summed E-state index contributed by atoms with van der Waals surface area (Å²) in [5, 5.41) is 10.2. The number of hydrogen-bond acceptors (Lipinski definition) is 1. The Morgan fingerprint density at radius 2 is 1.69 bits per heavy atom. The highest BCUT2D eigenvalue weighted by Crippen LogP contribution is 2.65. The van der Waals surface area contributed by atoms with Crippen LogP contribution in [0.25, 0.3) is 0 Å². The van der Waals surface area contributed by atoms with Crippen molar-refractivity contribution in [1.82, 2.24) is 0 Å². The van der Waals surface area contributed by atoms with Gasteiger partial charge in [0.15, 0.2) is 0 Å². The van der Waals surface area contributed by atoms with Gasteiger partial charge in [0.05, 0.1) is 6.10 Å². The number of aliphatic hydroxyl groups excluding tert-OH is 1. The smallest absolute Gasteiger partial charge is 0.0578 e. The summed E-state index contributed by atoms with van der Waals surface area (Å²) in [6.07, 6.45) is 18.4. The van der Waals surface area contributed by atoms with E-state index in [-0.39, 0.29) is 6.10 Å². The van der Waals surface area contributed by atoms with Gasteiger partial charge in [-0.2, -0.15) is 0 Å². The summed E-state index contributed by atoms with van der Waals surface area (Å²) < 4.78 is 0. The average molecular weight is 397 g/mol. The molecule has 4 rings (SSSR count). The Morgan fingerprint density at radius 3 is 2.41 bits per heavy atom. The Morgan fingerprint density at radius 1 is 0.931 bits per heavy atom. The predicted molar refractivity (Wildman–Crippen MR) is 123 cm³/mol. The molecule has 6 unspecified atom stereocenters. The maximum atomic E-state index is 10.2. The van der Waals surface area contributed by atoms with Gasteiger partial charge in [0, 0.05) is 0 Å². The zero-order chi connectivity index (χ0) is 21.0. The van der Waals surface area contributed by atoms with Gasteiger partial charge in [0.25, 0.3) is 0 Å². The van der Waals surface area contributed by atoms with E-state index in [0.29, 0.717) is 22.7 Å². The van der Waals surface area contributed by atoms with Crippen LogP contribution in [0.2, 0.25) is 0 Å². The molecule has 0 aromatic carbocycles. The monoisotopic (exact) mass is 396 g/mol. The molecule has 0 bridgehead atoms. The first kappa shape index (κ1) is 21.4. The number of rotatable bonds is 4. The molecule has 0 aromatic heterocycles. The quantitative estimate of drug-likeness (QED) is 0.493. The molecule has 162 valence electrons. The predicted octanol–water partition coefficient (Wildman–Crippen LogP) is 7.33. The Hall–Kier alpha value is -0.820. The summed E-state index contributed by atoms with van der Waals surface area (Å²) in [4.78, 5) is 0. The van der Waals surface area contributed by atoms with Crippen molar-refractivity contribution in [2.45, 2.75) is 92.6 Å². The van der Waals surface area contributed by atoms with Crippen LogP contribution in [-0.4, -0.2) is 11.2 Å². The van der Waals surface area contributed by atoms with Crippen molar-refractivity contribution < 1.29 is 5.11 Å². The molecule has 0 radical (unpaired) electrons. The van der Waals surface area contributed by atoms with Crippen molar-refractivity contribution in [3.63, 3.8) is 0 Å². The first-order chi connectivity index (χ1) is 13.7. The molecule has 0 aliphatic heterocycles. The van der Waals surface area contributed by atoms with E-state index in [9.17, 15) is 5.11 Å². The van der Waals surface area contributed by atoms with Crippen LogP contribution in [-0.2, 0) is 0 Å².